The van der Waals surface area contributed by atoms with Gasteiger partial charge in [0.2, 0.25) is 0 Å². The molecule has 0 bridgehead atoms. The van der Waals surface area contributed by atoms with Crippen LogP contribution in [0.1, 0.15) is 49.5 Å². The summed E-state index contributed by atoms with van der Waals surface area (Å²) < 4.78 is 2.42. The van der Waals surface area contributed by atoms with E-state index in [1.54, 1.807) is 11.3 Å². The molecule has 2 aromatic carbocycles. The van der Waals surface area contributed by atoms with Crippen molar-refractivity contribution in [1.29, 1.82) is 0 Å². The Bertz CT molecular complexity index is 712. The molecule has 1 nitrogen and oxygen atoms in total. The fraction of sp³-hybridized carbons (Fsp3) is 0.316. The van der Waals surface area contributed by atoms with Crippen LogP contribution in [0.2, 0.25) is 0 Å². The fourth-order valence-corrected chi connectivity index (χ4v) is 4.79. The highest BCUT2D eigenvalue weighted by Crippen LogP contribution is 2.39. The number of hydrogen-bond acceptors (Lipinski definition) is 3. The zero-order valence-corrected chi connectivity index (χ0v) is 14.9. The first-order valence-corrected chi connectivity index (χ1v) is 9.49. The highest BCUT2D eigenvalue weighted by atomic mass is 32.2. The summed E-state index contributed by atoms with van der Waals surface area (Å²) >= 11 is 3.63. The van der Waals surface area contributed by atoms with Crippen molar-refractivity contribution in [2.24, 2.45) is 0 Å². The second kappa shape index (κ2) is 6.84. The molecule has 0 radical (unpaired) electrons. The molecule has 0 N–H and O–H groups in total. The Labute approximate surface area is 140 Å². The largest absolute Gasteiger partial charge is 0.230 e. The van der Waals surface area contributed by atoms with Crippen LogP contribution in [0.15, 0.2) is 52.9 Å². The molecule has 0 saturated carbocycles. The Morgan fingerprint density at radius 3 is 2.36 bits per heavy atom. The molecule has 3 aromatic rings. The van der Waals surface area contributed by atoms with Gasteiger partial charge < -0.3 is 0 Å². The van der Waals surface area contributed by atoms with Crippen molar-refractivity contribution >= 4 is 33.3 Å². The van der Waals surface area contributed by atoms with Crippen LogP contribution in [0.4, 0.5) is 0 Å². The lowest BCUT2D eigenvalue weighted by Crippen LogP contribution is -1.93. The van der Waals surface area contributed by atoms with Crippen molar-refractivity contribution in [2.45, 2.75) is 42.7 Å². The number of para-hydroxylation sites is 1. The molecule has 0 aliphatic heterocycles. The highest BCUT2D eigenvalue weighted by molar-refractivity contribution is 8.01. The maximum absolute atomic E-state index is 4.72. The molecule has 22 heavy (non-hydrogen) atoms. The first-order valence-electron chi connectivity index (χ1n) is 7.79. The van der Waals surface area contributed by atoms with Crippen molar-refractivity contribution < 1.29 is 0 Å². The van der Waals surface area contributed by atoms with E-state index in [4.69, 9.17) is 4.98 Å². The van der Waals surface area contributed by atoms with Gasteiger partial charge in [-0.1, -0.05) is 62.0 Å². The molecular weight excluding hydrogens is 306 g/mol. The van der Waals surface area contributed by atoms with Gasteiger partial charge in [-0.25, -0.2) is 4.98 Å². The summed E-state index contributed by atoms with van der Waals surface area (Å²) in [5, 5.41) is 0.423. The lowest BCUT2D eigenvalue weighted by molar-refractivity contribution is 0.733. The van der Waals surface area contributed by atoms with E-state index in [9.17, 15) is 0 Å². The summed E-state index contributed by atoms with van der Waals surface area (Å²) in [6.07, 6.45) is 1.19. The number of rotatable bonds is 5. The third-order valence-electron chi connectivity index (χ3n) is 4.14. The topological polar surface area (TPSA) is 12.9 Å². The Kier molecular flexibility index (Phi) is 4.84. The number of fused-ring (bicyclic) bond motifs is 1. The maximum atomic E-state index is 4.72. The van der Waals surface area contributed by atoms with Gasteiger partial charge >= 0.3 is 0 Å². The van der Waals surface area contributed by atoms with Crippen LogP contribution in [0.3, 0.4) is 0 Å². The normalized spacial score (nSPS) is 14.1. The molecule has 1 heterocycles. The van der Waals surface area contributed by atoms with E-state index in [-0.39, 0.29) is 0 Å². The second-order valence-electron chi connectivity index (χ2n) is 5.68. The first-order chi connectivity index (χ1) is 10.7. The SMILES string of the molecule is CCC(C)c1ccc(C(C)Sc2nc3ccccc3s2)cc1. The number of benzene rings is 2. The molecule has 0 saturated heterocycles. The van der Waals surface area contributed by atoms with Crippen LogP contribution in [-0.2, 0) is 0 Å². The standard InChI is InChI=1S/C19H21NS2/c1-4-13(2)15-9-11-16(12-10-15)14(3)21-19-20-17-7-5-6-8-18(17)22-19/h5-14H,4H2,1-3H3. The van der Waals surface area contributed by atoms with E-state index >= 15 is 0 Å². The van der Waals surface area contributed by atoms with Crippen molar-refractivity contribution in [3.05, 3.63) is 59.7 Å². The van der Waals surface area contributed by atoms with Crippen molar-refractivity contribution in [2.75, 3.05) is 0 Å². The van der Waals surface area contributed by atoms with Gasteiger partial charge in [0.25, 0.3) is 0 Å². The van der Waals surface area contributed by atoms with Crippen LogP contribution < -0.4 is 0 Å². The van der Waals surface area contributed by atoms with E-state index < -0.39 is 0 Å². The Balaban J connectivity index is 1.74. The van der Waals surface area contributed by atoms with Crippen molar-refractivity contribution in [3.63, 3.8) is 0 Å². The minimum Gasteiger partial charge on any atom is -0.230 e. The predicted octanol–water partition coefficient (Wildman–Crippen LogP) is 6.66. The zero-order valence-electron chi connectivity index (χ0n) is 13.2. The van der Waals surface area contributed by atoms with Gasteiger partial charge in [0.05, 0.1) is 10.2 Å². The molecule has 3 heteroatoms. The summed E-state index contributed by atoms with van der Waals surface area (Å²) in [5.74, 6) is 0.640. The molecule has 2 atom stereocenters. The molecule has 0 spiro atoms. The van der Waals surface area contributed by atoms with Gasteiger partial charge in [-0.3, -0.25) is 0 Å². The molecular formula is C19H21NS2. The monoisotopic (exact) mass is 327 g/mol. The third kappa shape index (κ3) is 3.36. The van der Waals surface area contributed by atoms with E-state index in [1.807, 2.05) is 17.8 Å². The van der Waals surface area contributed by atoms with Gasteiger partial charge in [-0.15, -0.1) is 11.3 Å². The molecule has 0 aliphatic rings. The minimum absolute atomic E-state index is 0.423. The minimum atomic E-state index is 0.423. The number of nitrogens with zero attached hydrogens (tertiary/aromatic N) is 1. The van der Waals surface area contributed by atoms with Crippen LogP contribution in [0, 0.1) is 0 Å². The van der Waals surface area contributed by atoms with Crippen LogP contribution in [0.5, 0.6) is 0 Å². The summed E-state index contributed by atoms with van der Waals surface area (Å²) in [7, 11) is 0. The lowest BCUT2D eigenvalue weighted by Gasteiger charge is -2.13. The number of thiazole rings is 1. The summed E-state index contributed by atoms with van der Waals surface area (Å²) in [4.78, 5) is 4.72. The summed E-state index contributed by atoms with van der Waals surface area (Å²) in [6, 6.07) is 17.4. The number of thioether (sulfide) groups is 1. The lowest BCUT2D eigenvalue weighted by atomic mass is 9.97. The highest BCUT2D eigenvalue weighted by Gasteiger charge is 2.12. The average molecular weight is 328 g/mol. The van der Waals surface area contributed by atoms with Crippen LogP contribution in [-0.4, -0.2) is 4.98 Å². The van der Waals surface area contributed by atoms with E-state index in [0.717, 1.165) is 9.86 Å². The van der Waals surface area contributed by atoms with Crippen molar-refractivity contribution in [1.82, 2.24) is 4.98 Å². The number of aromatic nitrogens is 1. The summed E-state index contributed by atoms with van der Waals surface area (Å²) in [6.45, 7) is 6.79. The Morgan fingerprint density at radius 1 is 1.00 bits per heavy atom. The molecule has 1 aromatic heterocycles. The average Bonchev–Trinajstić information content (AvgIpc) is 2.96. The van der Waals surface area contributed by atoms with E-state index in [2.05, 4.69) is 63.2 Å². The van der Waals surface area contributed by atoms with Crippen LogP contribution in [0.25, 0.3) is 10.2 Å². The third-order valence-corrected chi connectivity index (χ3v) is 6.43. The van der Waals surface area contributed by atoms with Crippen LogP contribution >= 0.6 is 23.1 Å². The summed E-state index contributed by atoms with van der Waals surface area (Å²) in [5.41, 5.74) is 3.91. The first kappa shape index (κ1) is 15.6. The van der Waals surface area contributed by atoms with Crippen molar-refractivity contribution in [3.8, 4) is 0 Å². The molecule has 0 amide bonds. The van der Waals surface area contributed by atoms with Gasteiger partial charge in [-0.2, -0.15) is 0 Å². The molecule has 0 fully saturated rings. The smallest absolute Gasteiger partial charge is 0.151 e. The maximum Gasteiger partial charge on any atom is 0.151 e. The molecule has 114 valence electrons. The van der Waals surface area contributed by atoms with Gasteiger partial charge in [0.15, 0.2) is 4.34 Å². The quantitative estimate of drug-likeness (QED) is 0.486. The molecule has 2 unspecified atom stereocenters. The van der Waals surface area contributed by atoms with Gasteiger partial charge in [-0.05, 0) is 42.5 Å². The predicted molar refractivity (Wildman–Crippen MR) is 99.0 cm³/mol. The Hall–Kier alpha value is -1.32. The second-order valence-corrected chi connectivity index (χ2v) is 8.30. The van der Waals surface area contributed by atoms with E-state index in [1.165, 1.54) is 22.2 Å². The van der Waals surface area contributed by atoms with Gasteiger partial charge in [0, 0.05) is 5.25 Å². The molecule has 3 rings (SSSR count). The number of hydrogen-bond donors (Lipinski definition) is 0. The van der Waals surface area contributed by atoms with Gasteiger partial charge in [0.1, 0.15) is 0 Å². The van der Waals surface area contributed by atoms with E-state index in [0.29, 0.717) is 11.2 Å². The molecule has 0 aliphatic carbocycles. The fourth-order valence-electron chi connectivity index (χ4n) is 2.45. The zero-order chi connectivity index (χ0) is 15.5. The Morgan fingerprint density at radius 2 is 1.68 bits per heavy atom.